The van der Waals surface area contributed by atoms with Gasteiger partial charge in [-0.05, 0) is 12.5 Å². The molecule has 0 aromatic carbocycles. The van der Waals surface area contributed by atoms with Crippen LogP contribution in [0.3, 0.4) is 0 Å². The lowest BCUT2D eigenvalue weighted by atomic mass is 10.1. The number of nitrogens with zero attached hydrogens (tertiary/aromatic N) is 1. The molecule has 11 heavy (non-hydrogen) atoms. The molecule has 60 valence electrons. The quantitative estimate of drug-likeness (QED) is 0.740. The molecule has 1 aromatic rings. The molecular weight excluding hydrogens is 162 g/mol. The molecule has 0 saturated carbocycles. The van der Waals surface area contributed by atoms with Crippen molar-refractivity contribution in [3.63, 3.8) is 0 Å². The Bertz CT molecular complexity index is 239. The standard InChI is InChI=1S/C8H10ClNO/c1-2-8(11)6-3-4-10-5-7(6)9/h3-5,8,11H,2H2,1H3/t8-/m0/s1. The summed E-state index contributed by atoms with van der Waals surface area (Å²) >= 11 is 5.78. The Morgan fingerprint density at radius 2 is 2.45 bits per heavy atom. The molecule has 1 heterocycles. The molecule has 0 bridgehead atoms. The lowest BCUT2D eigenvalue weighted by molar-refractivity contribution is 0.173. The van der Waals surface area contributed by atoms with E-state index in [1.165, 1.54) is 6.20 Å². The molecule has 0 fully saturated rings. The normalized spacial score (nSPS) is 13.0. The van der Waals surface area contributed by atoms with E-state index in [1.54, 1.807) is 12.3 Å². The van der Waals surface area contributed by atoms with Gasteiger partial charge >= 0.3 is 0 Å². The van der Waals surface area contributed by atoms with E-state index >= 15 is 0 Å². The monoisotopic (exact) mass is 171 g/mol. The van der Waals surface area contributed by atoms with Crippen LogP contribution in [-0.2, 0) is 0 Å². The zero-order chi connectivity index (χ0) is 8.27. The minimum Gasteiger partial charge on any atom is -0.388 e. The van der Waals surface area contributed by atoms with Gasteiger partial charge in [0.05, 0.1) is 11.1 Å². The molecule has 1 atom stereocenters. The van der Waals surface area contributed by atoms with Crippen molar-refractivity contribution in [1.82, 2.24) is 4.98 Å². The van der Waals surface area contributed by atoms with Gasteiger partial charge in [-0.1, -0.05) is 18.5 Å². The summed E-state index contributed by atoms with van der Waals surface area (Å²) in [6, 6.07) is 1.73. The van der Waals surface area contributed by atoms with Crippen LogP contribution >= 0.6 is 11.6 Å². The molecule has 3 heteroatoms. The molecule has 1 N–H and O–H groups in total. The maximum absolute atomic E-state index is 9.40. The van der Waals surface area contributed by atoms with Crippen molar-refractivity contribution in [2.45, 2.75) is 19.4 Å². The molecule has 0 aliphatic carbocycles. The van der Waals surface area contributed by atoms with Gasteiger partial charge < -0.3 is 5.11 Å². The van der Waals surface area contributed by atoms with Crippen molar-refractivity contribution < 1.29 is 5.11 Å². The summed E-state index contributed by atoms with van der Waals surface area (Å²) in [6.45, 7) is 1.90. The molecular formula is C8H10ClNO. The van der Waals surface area contributed by atoms with Crippen LogP contribution < -0.4 is 0 Å². The van der Waals surface area contributed by atoms with Crippen molar-refractivity contribution in [3.05, 3.63) is 29.0 Å². The van der Waals surface area contributed by atoms with Gasteiger partial charge in [0.15, 0.2) is 0 Å². The fraction of sp³-hybridized carbons (Fsp3) is 0.375. The average molecular weight is 172 g/mol. The van der Waals surface area contributed by atoms with E-state index in [4.69, 9.17) is 11.6 Å². The van der Waals surface area contributed by atoms with E-state index in [-0.39, 0.29) is 0 Å². The first kappa shape index (κ1) is 8.50. The summed E-state index contributed by atoms with van der Waals surface area (Å²) in [5, 5.41) is 9.93. The third kappa shape index (κ3) is 1.91. The van der Waals surface area contributed by atoms with Gasteiger partial charge in [-0.25, -0.2) is 0 Å². The second kappa shape index (κ2) is 3.69. The maximum Gasteiger partial charge on any atom is 0.0802 e. The van der Waals surface area contributed by atoms with E-state index in [9.17, 15) is 5.11 Å². The van der Waals surface area contributed by atoms with Gasteiger partial charge in [-0.2, -0.15) is 0 Å². The Labute approximate surface area is 70.8 Å². The predicted octanol–water partition coefficient (Wildman–Crippen LogP) is 2.18. The number of rotatable bonds is 2. The molecule has 0 saturated heterocycles. The number of aliphatic hydroxyl groups excluding tert-OH is 1. The van der Waals surface area contributed by atoms with Gasteiger partial charge in [0.1, 0.15) is 0 Å². The number of aliphatic hydroxyl groups is 1. The molecule has 0 unspecified atom stereocenters. The van der Waals surface area contributed by atoms with Gasteiger partial charge in [-0.15, -0.1) is 0 Å². The predicted molar refractivity (Wildman–Crippen MR) is 44.5 cm³/mol. The van der Waals surface area contributed by atoms with Crippen molar-refractivity contribution in [1.29, 1.82) is 0 Å². The van der Waals surface area contributed by atoms with Crippen LogP contribution in [0, 0.1) is 0 Å². The molecule has 2 nitrogen and oxygen atoms in total. The van der Waals surface area contributed by atoms with E-state index in [0.29, 0.717) is 11.4 Å². The summed E-state index contributed by atoms with van der Waals surface area (Å²) in [4.78, 5) is 3.82. The minimum atomic E-state index is -0.467. The van der Waals surface area contributed by atoms with Crippen LogP contribution in [-0.4, -0.2) is 10.1 Å². The van der Waals surface area contributed by atoms with E-state index in [1.807, 2.05) is 6.92 Å². The largest absolute Gasteiger partial charge is 0.388 e. The van der Waals surface area contributed by atoms with Gasteiger partial charge in [0.25, 0.3) is 0 Å². The molecule has 1 aromatic heterocycles. The minimum absolute atomic E-state index is 0.467. The lowest BCUT2D eigenvalue weighted by Gasteiger charge is -2.08. The second-order valence-electron chi connectivity index (χ2n) is 2.32. The van der Waals surface area contributed by atoms with Crippen molar-refractivity contribution in [3.8, 4) is 0 Å². The topological polar surface area (TPSA) is 33.1 Å². The Morgan fingerprint density at radius 3 is 3.00 bits per heavy atom. The molecule has 0 amide bonds. The van der Waals surface area contributed by atoms with Crippen LogP contribution in [0.15, 0.2) is 18.5 Å². The molecule has 0 aliphatic rings. The third-order valence-electron chi connectivity index (χ3n) is 1.55. The number of halogens is 1. The summed E-state index contributed by atoms with van der Waals surface area (Å²) in [5.41, 5.74) is 0.754. The summed E-state index contributed by atoms with van der Waals surface area (Å²) in [6.07, 6.45) is 3.37. The number of hydrogen-bond acceptors (Lipinski definition) is 2. The van der Waals surface area contributed by atoms with Crippen molar-refractivity contribution >= 4 is 11.6 Å². The molecule has 0 spiro atoms. The summed E-state index contributed by atoms with van der Waals surface area (Å²) in [7, 11) is 0. The Kier molecular flexibility index (Phi) is 2.85. The van der Waals surface area contributed by atoms with Gasteiger partial charge in [0.2, 0.25) is 0 Å². The van der Waals surface area contributed by atoms with E-state index in [2.05, 4.69) is 4.98 Å². The van der Waals surface area contributed by atoms with Crippen LogP contribution in [0.2, 0.25) is 5.02 Å². The Balaban J connectivity index is 2.93. The molecule has 0 aliphatic heterocycles. The second-order valence-corrected chi connectivity index (χ2v) is 2.73. The highest BCUT2D eigenvalue weighted by Gasteiger charge is 2.07. The fourth-order valence-corrected chi connectivity index (χ4v) is 1.12. The van der Waals surface area contributed by atoms with Gasteiger partial charge in [-0.3, -0.25) is 4.98 Å². The number of aromatic nitrogens is 1. The van der Waals surface area contributed by atoms with E-state index < -0.39 is 6.10 Å². The van der Waals surface area contributed by atoms with Crippen LogP contribution in [0.5, 0.6) is 0 Å². The highest BCUT2D eigenvalue weighted by molar-refractivity contribution is 6.31. The number of hydrogen-bond donors (Lipinski definition) is 1. The Morgan fingerprint density at radius 1 is 1.73 bits per heavy atom. The molecule has 1 rings (SSSR count). The van der Waals surface area contributed by atoms with Gasteiger partial charge in [0, 0.05) is 18.0 Å². The first-order chi connectivity index (χ1) is 5.25. The first-order valence-corrected chi connectivity index (χ1v) is 3.91. The molecule has 0 radical (unpaired) electrons. The zero-order valence-corrected chi connectivity index (χ0v) is 7.04. The first-order valence-electron chi connectivity index (χ1n) is 3.53. The van der Waals surface area contributed by atoms with Crippen molar-refractivity contribution in [2.75, 3.05) is 0 Å². The van der Waals surface area contributed by atoms with Crippen LogP contribution in [0.1, 0.15) is 25.0 Å². The smallest absolute Gasteiger partial charge is 0.0802 e. The third-order valence-corrected chi connectivity index (χ3v) is 1.87. The van der Waals surface area contributed by atoms with Crippen LogP contribution in [0.4, 0.5) is 0 Å². The van der Waals surface area contributed by atoms with Crippen LogP contribution in [0.25, 0.3) is 0 Å². The number of pyridine rings is 1. The highest BCUT2D eigenvalue weighted by Crippen LogP contribution is 2.23. The fourth-order valence-electron chi connectivity index (χ4n) is 0.876. The Hall–Kier alpha value is -0.600. The summed E-state index contributed by atoms with van der Waals surface area (Å²) < 4.78 is 0. The lowest BCUT2D eigenvalue weighted by Crippen LogP contribution is -1.95. The zero-order valence-electron chi connectivity index (χ0n) is 6.29. The average Bonchev–Trinajstić information content (AvgIpc) is 2.04. The SMILES string of the molecule is CC[C@H](O)c1ccncc1Cl. The summed E-state index contributed by atoms with van der Waals surface area (Å²) in [5.74, 6) is 0. The van der Waals surface area contributed by atoms with E-state index in [0.717, 1.165) is 5.56 Å². The highest BCUT2D eigenvalue weighted by atomic mass is 35.5. The maximum atomic E-state index is 9.40. The van der Waals surface area contributed by atoms with Crippen molar-refractivity contribution in [2.24, 2.45) is 0 Å².